The van der Waals surface area contributed by atoms with Gasteiger partial charge in [0, 0.05) is 46.0 Å². The Morgan fingerprint density at radius 2 is 1.52 bits per heavy atom. The van der Waals surface area contributed by atoms with Crippen LogP contribution in [0.2, 0.25) is 0 Å². The number of anilines is 2. The minimum atomic E-state index is -0.284. The monoisotopic (exact) mass is 448 g/mol. The third kappa shape index (κ3) is 4.59. The number of carbonyl (C=O) groups excluding carboxylic acids is 2. The third-order valence-corrected chi connectivity index (χ3v) is 6.12. The molecule has 0 radical (unpaired) electrons. The largest absolute Gasteiger partial charge is 0.494 e. The van der Waals surface area contributed by atoms with Crippen molar-refractivity contribution < 1.29 is 14.3 Å². The molecule has 2 amide bonds. The highest BCUT2D eigenvalue weighted by Crippen LogP contribution is 2.36. The van der Waals surface area contributed by atoms with Crippen LogP contribution in [-0.4, -0.2) is 75.5 Å². The van der Waals surface area contributed by atoms with Crippen LogP contribution in [0.3, 0.4) is 0 Å². The molecule has 2 aromatic carbocycles. The van der Waals surface area contributed by atoms with Crippen molar-refractivity contribution in [3.05, 3.63) is 59.8 Å². The summed E-state index contributed by atoms with van der Waals surface area (Å²) in [6.07, 6.45) is 0.926. The van der Waals surface area contributed by atoms with Gasteiger partial charge in [-0.3, -0.25) is 9.59 Å². The van der Waals surface area contributed by atoms with Gasteiger partial charge in [-0.05, 0) is 55.4 Å². The summed E-state index contributed by atoms with van der Waals surface area (Å²) in [6, 6.07) is 15.0. The number of hydrogen-bond acceptors (Lipinski definition) is 6. The highest BCUT2D eigenvalue weighted by atomic mass is 16.5. The normalized spacial score (nSPS) is 17.2. The summed E-state index contributed by atoms with van der Waals surface area (Å²) in [6.45, 7) is 5.81. The van der Waals surface area contributed by atoms with Crippen molar-refractivity contribution in [2.24, 2.45) is 0 Å². The molecule has 1 saturated heterocycles. The molecule has 0 bridgehead atoms. The lowest BCUT2D eigenvalue weighted by Crippen LogP contribution is -2.46. The van der Waals surface area contributed by atoms with Gasteiger partial charge >= 0.3 is 0 Å². The summed E-state index contributed by atoms with van der Waals surface area (Å²) >= 11 is 0. The summed E-state index contributed by atoms with van der Waals surface area (Å²) < 4.78 is 5.70. The van der Waals surface area contributed by atoms with E-state index in [4.69, 9.17) is 4.74 Å². The van der Waals surface area contributed by atoms with E-state index in [1.54, 1.807) is 0 Å². The smallest absolute Gasteiger partial charge is 0.282 e. The van der Waals surface area contributed by atoms with Crippen molar-refractivity contribution in [2.45, 2.75) is 13.3 Å². The minimum absolute atomic E-state index is 0.261. The molecule has 1 fully saturated rings. The molecule has 2 heterocycles. The van der Waals surface area contributed by atoms with Gasteiger partial charge in [0.1, 0.15) is 11.4 Å². The number of ether oxygens (including phenoxy) is 1. The predicted octanol–water partition coefficient (Wildman–Crippen LogP) is 3.07. The van der Waals surface area contributed by atoms with Gasteiger partial charge in [-0.15, -0.1) is 0 Å². The van der Waals surface area contributed by atoms with Crippen LogP contribution in [0.1, 0.15) is 18.9 Å². The number of amides is 2. The van der Waals surface area contributed by atoms with Crippen LogP contribution in [0.4, 0.5) is 11.4 Å². The van der Waals surface area contributed by atoms with Crippen LogP contribution in [0.25, 0.3) is 5.57 Å². The summed E-state index contributed by atoms with van der Waals surface area (Å²) in [5.41, 5.74) is 3.28. The summed E-state index contributed by atoms with van der Waals surface area (Å²) in [7, 11) is 5.99. The second kappa shape index (κ2) is 9.67. The van der Waals surface area contributed by atoms with Crippen molar-refractivity contribution in [1.82, 2.24) is 9.80 Å². The Morgan fingerprint density at radius 3 is 2.09 bits per heavy atom. The number of imide groups is 1. The van der Waals surface area contributed by atoms with Crippen LogP contribution < -0.4 is 14.5 Å². The zero-order valence-corrected chi connectivity index (χ0v) is 19.9. The average Bonchev–Trinajstić information content (AvgIpc) is 3.08. The Morgan fingerprint density at radius 1 is 0.879 bits per heavy atom. The molecule has 0 aliphatic carbocycles. The topological polar surface area (TPSA) is 56.3 Å². The SMILES string of the molecule is CCCOc1ccc(C2=C(N3CCN(C)CC3)C(=O)N(c3ccc(N(C)C)cc3)C2=O)cc1. The van der Waals surface area contributed by atoms with Gasteiger partial charge in [-0.2, -0.15) is 0 Å². The molecule has 0 aromatic heterocycles. The van der Waals surface area contributed by atoms with Crippen molar-refractivity contribution >= 4 is 28.8 Å². The molecule has 2 aliphatic rings. The number of benzene rings is 2. The molecule has 7 nitrogen and oxygen atoms in total. The van der Waals surface area contributed by atoms with Crippen molar-refractivity contribution in [2.75, 3.05) is 63.7 Å². The summed E-state index contributed by atoms with van der Waals surface area (Å²) in [5.74, 6) is 0.215. The van der Waals surface area contributed by atoms with Crippen LogP contribution in [-0.2, 0) is 9.59 Å². The number of likely N-dealkylation sites (N-methyl/N-ethyl adjacent to an activating group) is 1. The summed E-state index contributed by atoms with van der Waals surface area (Å²) in [5, 5.41) is 0. The highest BCUT2D eigenvalue weighted by molar-refractivity contribution is 6.45. The molecule has 2 aromatic rings. The molecule has 0 saturated carbocycles. The maximum absolute atomic E-state index is 13.7. The van der Waals surface area contributed by atoms with E-state index in [1.807, 2.05) is 67.5 Å². The molecule has 174 valence electrons. The number of rotatable bonds is 7. The zero-order chi connectivity index (χ0) is 23.5. The fourth-order valence-corrected chi connectivity index (χ4v) is 4.17. The van der Waals surface area contributed by atoms with Gasteiger partial charge in [-0.1, -0.05) is 19.1 Å². The Bertz CT molecular complexity index is 1040. The van der Waals surface area contributed by atoms with Crippen molar-refractivity contribution in [3.8, 4) is 5.75 Å². The van der Waals surface area contributed by atoms with E-state index in [1.165, 1.54) is 4.90 Å². The molecule has 4 rings (SSSR count). The van der Waals surface area contributed by atoms with Crippen LogP contribution in [0, 0.1) is 0 Å². The lowest BCUT2D eigenvalue weighted by Gasteiger charge is -2.34. The first kappa shape index (κ1) is 22.9. The fourth-order valence-electron chi connectivity index (χ4n) is 4.17. The van der Waals surface area contributed by atoms with Gasteiger partial charge in [0.15, 0.2) is 0 Å². The lowest BCUT2D eigenvalue weighted by atomic mass is 10.0. The Labute approximate surface area is 195 Å². The second-order valence-corrected chi connectivity index (χ2v) is 8.74. The number of hydrogen-bond donors (Lipinski definition) is 0. The molecule has 0 unspecified atom stereocenters. The Balaban J connectivity index is 1.71. The Kier molecular flexibility index (Phi) is 6.70. The number of nitrogens with zero attached hydrogens (tertiary/aromatic N) is 4. The van der Waals surface area contributed by atoms with Crippen molar-refractivity contribution in [3.63, 3.8) is 0 Å². The van der Waals surface area contributed by atoms with E-state index in [0.717, 1.165) is 36.5 Å². The predicted molar refractivity (Wildman–Crippen MR) is 131 cm³/mol. The Hall–Kier alpha value is -3.32. The maximum atomic E-state index is 13.7. The van der Waals surface area contributed by atoms with Crippen LogP contribution >= 0.6 is 0 Å². The second-order valence-electron chi connectivity index (χ2n) is 8.74. The van der Waals surface area contributed by atoms with Gasteiger partial charge < -0.3 is 19.4 Å². The maximum Gasteiger partial charge on any atom is 0.282 e. The lowest BCUT2D eigenvalue weighted by molar-refractivity contribution is -0.120. The molecule has 2 aliphatic heterocycles. The van der Waals surface area contributed by atoms with E-state index in [2.05, 4.69) is 23.8 Å². The van der Waals surface area contributed by atoms with Crippen LogP contribution in [0.15, 0.2) is 54.2 Å². The minimum Gasteiger partial charge on any atom is -0.494 e. The molecule has 33 heavy (non-hydrogen) atoms. The molecule has 0 N–H and O–H groups in total. The number of piperazine rings is 1. The van der Waals surface area contributed by atoms with E-state index in [-0.39, 0.29) is 11.8 Å². The first-order valence-corrected chi connectivity index (χ1v) is 11.5. The van der Waals surface area contributed by atoms with Gasteiger partial charge in [0.25, 0.3) is 11.8 Å². The number of carbonyl (C=O) groups is 2. The van der Waals surface area contributed by atoms with Gasteiger partial charge in [0.05, 0.1) is 17.9 Å². The van der Waals surface area contributed by atoms with Gasteiger partial charge in [-0.25, -0.2) is 4.90 Å². The average molecular weight is 449 g/mol. The highest BCUT2D eigenvalue weighted by Gasteiger charge is 2.42. The van der Waals surface area contributed by atoms with E-state index < -0.39 is 0 Å². The molecular formula is C26H32N4O3. The van der Waals surface area contributed by atoms with Crippen LogP contribution in [0.5, 0.6) is 5.75 Å². The first-order chi connectivity index (χ1) is 15.9. The molecular weight excluding hydrogens is 416 g/mol. The van der Waals surface area contributed by atoms with E-state index in [9.17, 15) is 9.59 Å². The fraction of sp³-hybridized carbons (Fsp3) is 0.385. The first-order valence-electron chi connectivity index (χ1n) is 11.5. The molecule has 7 heteroatoms. The van der Waals surface area contributed by atoms with Crippen molar-refractivity contribution in [1.29, 1.82) is 0 Å². The quantitative estimate of drug-likeness (QED) is 0.607. The third-order valence-electron chi connectivity index (χ3n) is 6.12. The molecule has 0 atom stereocenters. The van der Waals surface area contributed by atoms with E-state index in [0.29, 0.717) is 36.7 Å². The zero-order valence-electron chi connectivity index (χ0n) is 19.9. The van der Waals surface area contributed by atoms with E-state index >= 15 is 0 Å². The van der Waals surface area contributed by atoms with Gasteiger partial charge in [0.2, 0.25) is 0 Å². The molecule has 0 spiro atoms. The summed E-state index contributed by atoms with van der Waals surface area (Å²) in [4.78, 5) is 34.9. The standard InChI is InChI=1S/C26H32N4O3/c1-5-18-33-22-12-6-19(7-13-22)23-24(29-16-14-28(4)15-17-29)26(32)30(25(23)31)21-10-8-20(9-11-21)27(2)3/h6-13H,5,14-18H2,1-4H3.